The molecule has 1 saturated heterocycles. The Hall–Kier alpha value is -1.68. The number of nitrogens with zero attached hydrogens (tertiary/aromatic N) is 2. The Balaban J connectivity index is 1.85. The number of guanidine groups is 1. The first-order valence-electron chi connectivity index (χ1n) is 10.8. The van der Waals surface area contributed by atoms with E-state index < -0.39 is 10.0 Å². The van der Waals surface area contributed by atoms with Gasteiger partial charge in [0.05, 0.1) is 24.7 Å². The van der Waals surface area contributed by atoms with E-state index in [2.05, 4.69) is 15.6 Å². The molecule has 1 heterocycles. The molecule has 0 spiro atoms. The Kier molecular flexibility index (Phi) is 11.1. The second-order valence-corrected chi connectivity index (χ2v) is 9.13. The molecule has 0 unspecified atom stereocenters. The Morgan fingerprint density at radius 1 is 1.07 bits per heavy atom. The molecule has 1 aliphatic rings. The molecule has 8 nitrogen and oxygen atoms in total. The highest BCUT2D eigenvalue weighted by Gasteiger charge is 2.25. The van der Waals surface area contributed by atoms with Crippen molar-refractivity contribution in [1.29, 1.82) is 0 Å². The van der Waals surface area contributed by atoms with Crippen molar-refractivity contribution in [3.05, 3.63) is 29.8 Å². The zero-order valence-corrected chi connectivity index (χ0v) is 19.0. The lowest BCUT2D eigenvalue weighted by molar-refractivity contribution is 0.0698. The maximum atomic E-state index is 12.7. The van der Waals surface area contributed by atoms with Gasteiger partial charge in [-0.25, -0.2) is 13.4 Å². The Morgan fingerprint density at radius 2 is 1.80 bits per heavy atom. The lowest BCUT2D eigenvalue weighted by atomic mass is 10.2. The van der Waals surface area contributed by atoms with E-state index in [1.165, 1.54) is 0 Å². The van der Waals surface area contributed by atoms with Gasteiger partial charge < -0.3 is 20.1 Å². The molecule has 30 heavy (non-hydrogen) atoms. The van der Waals surface area contributed by atoms with E-state index in [-0.39, 0.29) is 0 Å². The van der Waals surface area contributed by atoms with Crippen LogP contribution < -0.4 is 10.6 Å². The van der Waals surface area contributed by atoms with Crippen molar-refractivity contribution in [2.75, 3.05) is 53.1 Å². The predicted octanol–water partition coefficient (Wildman–Crippen LogP) is 1.97. The highest BCUT2D eigenvalue weighted by molar-refractivity contribution is 7.89. The van der Waals surface area contributed by atoms with Crippen LogP contribution in [0.4, 0.5) is 0 Å². The summed E-state index contributed by atoms with van der Waals surface area (Å²) in [6.07, 6.45) is 3.85. The standard InChI is InChI=1S/C21H36N4O4S/c1-3-22-21(23-12-7-15-29-17-16-28-2)24-18-19-8-10-20(11-9-19)30(26,27)25-13-5-4-6-14-25/h8-11H,3-7,12-18H2,1-2H3,(H2,22,23,24). The van der Waals surface area contributed by atoms with Crippen LogP contribution in [0, 0.1) is 0 Å². The second-order valence-electron chi connectivity index (χ2n) is 7.19. The lowest BCUT2D eigenvalue weighted by Crippen LogP contribution is -2.38. The maximum absolute atomic E-state index is 12.7. The number of aliphatic imine (C=N–C) groups is 1. The van der Waals surface area contributed by atoms with Gasteiger partial charge in [-0.2, -0.15) is 4.31 Å². The van der Waals surface area contributed by atoms with Gasteiger partial charge in [0, 0.05) is 39.9 Å². The average molecular weight is 441 g/mol. The molecule has 0 bridgehead atoms. The summed E-state index contributed by atoms with van der Waals surface area (Å²) in [6.45, 7) is 7.13. The van der Waals surface area contributed by atoms with E-state index in [0.717, 1.165) is 50.3 Å². The van der Waals surface area contributed by atoms with Gasteiger partial charge in [-0.05, 0) is 43.9 Å². The van der Waals surface area contributed by atoms with Gasteiger partial charge in [0.1, 0.15) is 0 Å². The van der Waals surface area contributed by atoms with E-state index in [9.17, 15) is 8.42 Å². The van der Waals surface area contributed by atoms with Gasteiger partial charge in [-0.15, -0.1) is 0 Å². The lowest BCUT2D eigenvalue weighted by Gasteiger charge is -2.25. The highest BCUT2D eigenvalue weighted by atomic mass is 32.2. The molecule has 1 aromatic carbocycles. The first-order valence-corrected chi connectivity index (χ1v) is 12.2. The number of benzene rings is 1. The molecular weight excluding hydrogens is 404 g/mol. The molecule has 2 N–H and O–H groups in total. The van der Waals surface area contributed by atoms with Crippen LogP contribution in [0.2, 0.25) is 0 Å². The molecule has 0 aliphatic carbocycles. The molecule has 0 saturated carbocycles. The normalized spacial score (nSPS) is 15.9. The van der Waals surface area contributed by atoms with Crippen LogP contribution in [-0.4, -0.2) is 71.8 Å². The van der Waals surface area contributed by atoms with Crippen molar-refractivity contribution < 1.29 is 17.9 Å². The fourth-order valence-electron chi connectivity index (χ4n) is 3.16. The van der Waals surface area contributed by atoms with Crippen molar-refractivity contribution in [3.63, 3.8) is 0 Å². The minimum atomic E-state index is -3.39. The summed E-state index contributed by atoms with van der Waals surface area (Å²) in [4.78, 5) is 4.94. The Morgan fingerprint density at radius 3 is 2.47 bits per heavy atom. The Bertz CT molecular complexity index is 732. The van der Waals surface area contributed by atoms with Crippen LogP contribution in [0.3, 0.4) is 0 Å². The zero-order valence-electron chi connectivity index (χ0n) is 18.2. The molecule has 1 fully saturated rings. The molecule has 1 aliphatic heterocycles. The average Bonchev–Trinajstić information content (AvgIpc) is 2.77. The number of ether oxygens (including phenoxy) is 2. The molecule has 1 aromatic rings. The number of sulfonamides is 1. The monoisotopic (exact) mass is 440 g/mol. The minimum absolute atomic E-state index is 0.357. The van der Waals surface area contributed by atoms with Crippen molar-refractivity contribution in [3.8, 4) is 0 Å². The molecule has 0 aromatic heterocycles. The predicted molar refractivity (Wildman–Crippen MR) is 119 cm³/mol. The topological polar surface area (TPSA) is 92.3 Å². The van der Waals surface area contributed by atoms with Crippen LogP contribution >= 0.6 is 0 Å². The molecule has 170 valence electrons. The van der Waals surface area contributed by atoms with Crippen molar-refractivity contribution in [2.45, 2.75) is 44.0 Å². The third kappa shape index (κ3) is 8.22. The van der Waals surface area contributed by atoms with Crippen LogP contribution in [-0.2, 0) is 26.0 Å². The van der Waals surface area contributed by atoms with Gasteiger partial charge >= 0.3 is 0 Å². The molecule has 0 amide bonds. The first-order chi connectivity index (χ1) is 14.6. The maximum Gasteiger partial charge on any atom is 0.243 e. The third-order valence-corrected chi connectivity index (χ3v) is 6.74. The van der Waals surface area contributed by atoms with E-state index >= 15 is 0 Å². The van der Waals surface area contributed by atoms with E-state index in [1.807, 2.05) is 19.1 Å². The molecule has 2 rings (SSSR count). The number of methoxy groups -OCH3 is 1. The summed E-state index contributed by atoms with van der Waals surface area (Å²) in [5, 5.41) is 6.50. The molecule has 0 atom stereocenters. The van der Waals surface area contributed by atoms with Crippen molar-refractivity contribution >= 4 is 16.0 Å². The second kappa shape index (κ2) is 13.6. The van der Waals surface area contributed by atoms with Crippen molar-refractivity contribution in [2.24, 2.45) is 4.99 Å². The fraction of sp³-hybridized carbons (Fsp3) is 0.667. The van der Waals surface area contributed by atoms with Crippen LogP contribution in [0.1, 0.15) is 38.2 Å². The van der Waals surface area contributed by atoms with Crippen LogP contribution in [0.25, 0.3) is 0 Å². The number of hydrogen-bond donors (Lipinski definition) is 2. The van der Waals surface area contributed by atoms with Crippen molar-refractivity contribution in [1.82, 2.24) is 14.9 Å². The minimum Gasteiger partial charge on any atom is -0.382 e. The molecule has 9 heteroatoms. The summed E-state index contributed by atoms with van der Waals surface area (Å²) in [6, 6.07) is 7.06. The van der Waals surface area contributed by atoms with Gasteiger partial charge in [-0.3, -0.25) is 0 Å². The van der Waals surface area contributed by atoms with Gasteiger partial charge in [-0.1, -0.05) is 18.6 Å². The van der Waals surface area contributed by atoms with Gasteiger partial charge in [0.15, 0.2) is 5.96 Å². The quantitative estimate of drug-likeness (QED) is 0.293. The molecular formula is C21H36N4O4S. The SMILES string of the molecule is CCNC(=NCc1ccc(S(=O)(=O)N2CCCCC2)cc1)NCCCOCCOC. The number of piperidine rings is 1. The van der Waals surface area contributed by atoms with E-state index in [1.54, 1.807) is 23.5 Å². The van der Waals surface area contributed by atoms with Gasteiger partial charge in [0.25, 0.3) is 0 Å². The number of nitrogens with one attached hydrogen (secondary N) is 2. The summed E-state index contributed by atoms with van der Waals surface area (Å²) >= 11 is 0. The Labute approximate surface area is 181 Å². The third-order valence-electron chi connectivity index (χ3n) is 4.83. The first kappa shape index (κ1) is 24.6. The van der Waals surface area contributed by atoms with Crippen LogP contribution in [0.5, 0.6) is 0 Å². The number of hydrogen-bond acceptors (Lipinski definition) is 5. The smallest absolute Gasteiger partial charge is 0.243 e. The summed E-state index contributed by atoms with van der Waals surface area (Å²) in [5.41, 5.74) is 0.965. The summed E-state index contributed by atoms with van der Waals surface area (Å²) in [5.74, 6) is 0.736. The summed E-state index contributed by atoms with van der Waals surface area (Å²) in [7, 11) is -1.73. The zero-order chi connectivity index (χ0) is 21.7. The van der Waals surface area contributed by atoms with E-state index in [4.69, 9.17) is 9.47 Å². The number of rotatable bonds is 12. The molecule has 0 radical (unpaired) electrons. The fourth-order valence-corrected chi connectivity index (χ4v) is 4.68. The van der Waals surface area contributed by atoms with Gasteiger partial charge in [0.2, 0.25) is 10.0 Å². The van der Waals surface area contributed by atoms with Crippen LogP contribution in [0.15, 0.2) is 34.2 Å². The summed E-state index contributed by atoms with van der Waals surface area (Å²) < 4.78 is 37.5. The highest BCUT2D eigenvalue weighted by Crippen LogP contribution is 2.21. The largest absolute Gasteiger partial charge is 0.382 e. The van der Waals surface area contributed by atoms with E-state index in [0.29, 0.717) is 44.4 Å².